The molecule has 1 fully saturated rings. The molecule has 0 spiro atoms. The molecule has 134 valence electrons. The van der Waals surface area contributed by atoms with E-state index in [0.717, 1.165) is 51.5 Å². The van der Waals surface area contributed by atoms with Gasteiger partial charge in [-0.2, -0.15) is 0 Å². The summed E-state index contributed by atoms with van der Waals surface area (Å²) in [4.78, 5) is 13.7. The lowest BCUT2D eigenvalue weighted by Crippen LogP contribution is -2.40. The van der Waals surface area contributed by atoms with Gasteiger partial charge in [0.2, 0.25) is 0 Å². The molecule has 0 radical (unpaired) electrons. The van der Waals surface area contributed by atoms with Crippen molar-refractivity contribution in [1.29, 1.82) is 0 Å². The van der Waals surface area contributed by atoms with Crippen LogP contribution in [-0.4, -0.2) is 55.4 Å². The molecule has 1 aliphatic rings. The molecule has 3 N–H and O–H groups in total. The van der Waals surface area contributed by atoms with Crippen molar-refractivity contribution in [3.8, 4) is 11.3 Å². The smallest absolute Gasteiger partial charge is 0.310 e. The van der Waals surface area contributed by atoms with Gasteiger partial charge in [-0.25, -0.2) is 5.48 Å². The highest BCUT2D eigenvalue weighted by molar-refractivity contribution is 5.91. The van der Waals surface area contributed by atoms with E-state index >= 15 is 0 Å². The van der Waals surface area contributed by atoms with Gasteiger partial charge in [-0.1, -0.05) is 24.3 Å². The standard InChI is InChI=1S/C18H23N3O4/c22-18(20-23)17-6-5-16(25-17)15-3-1-14(2-4-15)13-19-7-8-21-9-11-24-12-10-21/h1-6,19,23H,7-13H2,(H,20,22). The van der Waals surface area contributed by atoms with Gasteiger partial charge in [-0.05, 0) is 17.7 Å². The molecule has 7 heteroatoms. The second kappa shape index (κ2) is 8.77. The molecule has 7 nitrogen and oxygen atoms in total. The quantitative estimate of drug-likeness (QED) is 0.400. The Hall–Kier alpha value is -2.19. The normalized spacial score (nSPS) is 15.2. The second-order valence-corrected chi connectivity index (χ2v) is 5.93. The van der Waals surface area contributed by atoms with Gasteiger partial charge in [0.15, 0.2) is 5.76 Å². The highest BCUT2D eigenvalue weighted by Gasteiger charge is 2.11. The topological polar surface area (TPSA) is 87.0 Å². The van der Waals surface area contributed by atoms with Gasteiger partial charge < -0.3 is 14.5 Å². The van der Waals surface area contributed by atoms with Gasteiger partial charge >= 0.3 is 5.91 Å². The average molecular weight is 345 g/mol. The summed E-state index contributed by atoms with van der Waals surface area (Å²) in [7, 11) is 0. The van der Waals surface area contributed by atoms with Crippen LogP contribution in [0.25, 0.3) is 11.3 Å². The number of rotatable bonds is 7. The zero-order valence-electron chi connectivity index (χ0n) is 14.0. The molecule has 1 saturated heterocycles. The minimum Gasteiger partial charge on any atom is -0.451 e. The summed E-state index contributed by atoms with van der Waals surface area (Å²) < 4.78 is 10.8. The Morgan fingerprint density at radius 2 is 1.88 bits per heavy atom. The van der Waals surface area contributed by atoms with Gasteiger partial charge in [0.25, 0.3) is 0 Å². The Bertz CT molecular complexity index is 678. The number of morpholine rings is 1. The summed E-state index contributed by atoms with van der Waals surface area (Å²) in [5.74, 6) is 0.00382. The molecule has 0 bridgehead atoms. The Morgan fingerprint density at radius 1 is 1.12 bits per heavy atom. The number of hydroxylamine groups is 1. The van der Waals surface area contributed by atoms with E-state index in [9.17, 15) is 4.79 Å². The molecule has 1 amide bonds. The second-order valence-electron chi connectivity index (χ2n) is 5.93. The maximum absolute atomic E-state index is 11.3. The van der Waals surface area contributed by atoms with E-state index in [1.54, 1.807) is 11.5 Å². The van der Waals surface area contributed by atoms with Gasteiger partial charge in [0, 0.05) is 38.3 Å². The number of ether oxygens (including phenoxy) is 1. The largest absolute Gasteiger partial charge is 0.451 e. The maximum atomic E-state index is 11.3. The highest BCUT2D eigenvalue weighted by Crippen LogP contribution is 2.22. The van der Waals surface area contributed by atoms with E-state index in [2.05, 4.69) is 10.2 Å². The molecule has 2 aromatic rings. The minimum atomic E-state index is -0.660. The number of carbonyl (C=O) groups excluding carboxylic acids is 1. The molecule has 1 aliphatic heterocycles. The molecular formula is C18H23N3O4. The van der Waals surface area contributed by atoms with Crippen molar-refractivity contribution in [2.24, 2.45) is 0 Å². The Morgan fingerprint density at radius 3 is 2.60 bits per heavy atom. The summed E-state index contributed by atoms with van der Waals surface area (Å²) in [6, 6.07) is 11.2. The lowest BCUT2D eigenvalue weighted by atomic mass is 10.1. The van der Waals surface area contributed by atoms with Crippen LogP contribution in [0.15, 0.2) is 40.8 Å². The first-order chi connectivity index (χ1) is 12.3. The molecular weight excluding hydrogens is 322 g/mol. The van der Waals surface area contributed by atoms with Gasteiger partial charge in [-0.15, -0.1) is 0 Å². The molecule has 0 unspecified atom stereocenters. The third kappa shape index (κ3) is 4.90. The van der Waals surface area contributed by atoms with Gasteiger partial charge in [-0.3, -0.25) is 14.9 Å². The van der Waals surface area contributed by atoms with Crippen LogP contribution >= 0.6 is 0 Å². The fourth-order valence-electron chi connectivity index (χ4n) is 2.75. The summed E-state index contributed by atoms with van der Waals surface area (Å²) >= 11 is 0. The van der Waals surface area contributed by atoms with Crippen LogP contribution in [0.2, 0.25) is 0 Å². The number of nitrogens with one attached hydrogen (secondary N) is 2. The molecule has 2 heterocycles. The van der Waals surface area contributed by atoms with E-state index in [0.29, 0.717) is 5.76 Å². The van der Waals surface area contributed by atoms with Crippen molar-refractivity contribution in [3.63, 3.8) is 0 Å². The Balaban J connectivity index is 1.47. The monoisotopic (exact) mass is 345 g/mol. The first-order valence-corrected chi connectivity index (χ1v) is 8.40. The molecule has 0 saturated carbocycles. The average Bonchev–Trinajstić information content (AvgIpc) is 3.16. The number of amides is 1. The van der Waals surface area contributed by atoms with Crippen LogP contribution in [-0.2, 0) is 11.3 Å². The fourth-order valence-corrected chi connectivity index (χ4v) is 2.75. The predicted octanol–water partition coefficient (Wildman–Crippen LogP) is 1.49. The Labute approximate surface area is 146 Å². The minimum absolute atomic E-state index is 0.0753. The van der Waals surface area contributed by atoms with E-state index in [1.807, 2.05) is 24.3 Å². The first kappa shape index (κ1) is 17.6. The summed E-state index contributed by atoms with van der Waals surface area (Å²) in [6.07, 6.45) is 0. The zero-order chi connectivity index (χ0) is 17.5. The lowest BCUT2D eigenvalue weighted by Gasteiger charge is -2.26. The summed E-state index contributed by atoms with van der Waals surface area (Å²) in [6.45, 7) is 6.46. The predicted molar refractivity (Wildman–Crippen MR) is 92.4 cm³/mol. The van der Waals surface area contributed by atoms with Crippen molar-refractivity contribution in [2.45, 2.75) is 6.54 Å². The number of carbonyl (C=O) groups is 1. The molecule has 3 rings (SSSR count). The fraction of sp³-hybridized carbons (Fsp3) is 0.389. The van der Waals surface area contributed by atoms with Crippen LogP contribution in [0.4, 0.5) is 0 Å². The SMILES string of the molecule is O=C(NO)c1ccc(-c2ccc(CNCCN3CCOCC3)cc2)o1. The van der Waals surface area contributed by atoms with Crippen LogP contribution in [0.1, 0.15) is 16.1 Å². The van der Waals surface area contributed by atoms with Crippen molar-refractivity contribution in [2.75, 3.05) is 39.4 Å². The van der Waals surface area contributed by atoms with Gasteiger partial charge in [0.1, 0.15) is 5.76 Å². The first-order valence-electron chi connectivity index (χ1n) is 8.40. The molecule has 1 aromatic heterocycles. The number of hydrogen-bond donors (Lipinski definition) is 3. The van der Waals surface area contributed by atoms with Crippen LogP contribution in [0, 0.1) is 0 Å². The van der Waals surface area contributed by atoms with Crippen molar-refractivity contribution in [3.05, 3.63) is 47.7 Å². The van der Waals surface area contributed by atoms with E-state index in [-0.39, 0.29) is 5.76 Å². The zero-order valence-corrected chi connectivity index (χ0v) is 14.0. The highest BCUT2D eigenvalue weighted by atomic mass is 16.5. The molecule has 0 aliphatic carbocycles. The van der Waals surface area contributed by atoms with Crippen molar-refractivity contribution < 1.29 is 19.2 Å². The number of nitrogens with zero attached hydrogens (tertiary/aromatic N) is 1. The third-order valence-electron chi connectivity index (χ3n) is 4.21. The van der Waals surface area contributed by atoms with Crippen molar-refractivity contribution >= 4 is 5.91 Å². The maximum Gasteiger partial charge on any atom is 0.310 e. The van der Waals surface area contributed by atoms with Crippen LogP contribution in [0.5, 0.6) is 0 Å². The lowest BCUT2D eigenvalue weighted by molar-refractivity contribution is 0.0384. The van der Waals surface area contributed by atoms with Crippen molar-refractivity contribution in [1.82, 2.24) is 15.7 Å². The summed E-state index contributed by atoms with van der Waals surface area (Å²) in [5.41, 5.74) is 3.63. The number of furan rings is 1. The number of benzene rings is 1. The summed E-state index contributed by atoms with van der Waals surface area (Å²) in [5, 5.41) is 12.1. The van der Waals surface area contributed by atoms with Crippen LogP contribution < -0.4 is 10.8 Å². The van der Waals surface area contributed by atoms with Crippen LogP contribution in [0.3, 0.4) is 0 Å². The molecule has 25 heavy (non-hydrogen) atoms. The Kier molecular flexibility index (Phi) is 6.19. The van der Waals surface area contributed by atoms with E-state index < -0.39 is 5.91 Å². The van der Waals surface area contributed by atoms with E-state index in [4.69, 9.17) is 14.4 Å². The van der Waals surface area contributed by atoms with Gasteiger partial charge in [0.05, 0.1) is 13.2 Å². The van der Waals surface area contributed by atoms with E-state index in [1.165, 1.54) is 11.6 Å². The molecule has 0 atom stereocenters. The third-order valence-corrected chi connectivity index (χ3v) is 4.21. The molecule has 1 aromatic carbocycles. The number of hydrogen-bond acceptors (Lipinski definition) is 6.